The van der Waals surface area contributed by atoms with Gasteiger partial charge in [-0.15, -0.1) is 13.2 Å². The first-order valence-electron chi connectivity index (χ1n) is 9.54. The lowest BCUT2D eigenvalue weighted by molar-refractivity contribution is -0.275. The number of halogens is 3. The van der Waals surface area contributed by atoms with E-state index in [4.69, 9.17) is 0 Å². The number of carbonyl (C=O) groups excluding carboxylic acids is 2. The number of aryl methyl sites for hydroxylation is 1. The van der Waals surface area contributed by atoms with Crippen LogP contribution in [0.2, 0.25) is 0 Å². The predicted molar refractivity (Wildman–Crippen MR) is 104 cm³/mol. The van der Waals surface area contributed by atoms with Crippen LogP contribution >= 0.6 is 0 Å². The number of carbonyl (C=O) groups is 2. The molecule has 1 fully saturated rings. The zero-order valence-corrected chi connectivity index (χ0v) is 16.8. The summed E-state index contributed by atoms with van der Waals surface area (Å²) in [7, 11) is 1.51. The van der Waals surface area contributed by atoms with E-state index < -0.39 is 12.3 Å². The Labute approximate surface area is 173 Å². The van der Waals surface area contributed by atoms with Gasteiger partial charge in [0.15, 0.2) is 0 Å². The van der Waals surface area contributed by atoms with Crippen LogP contribution in [0.4, 0.5) is 13.2 Å². The molecule has 0 saturated carbocycles. The van der Waals surface area contributed by atoms with E-state index in [0.29, 0.717) is 6.54 Å². The van der Waals surface area contributed by atoms with Crippen LogP contribution in [0.25, 0.3) is 0 Å². The van der Waals surface area contributed by atoms with Gasteiger partial charge in [0.2, 0.25) is 11.8 Å². The van der Waals surface area contributed by atoms with Crippen molar-refractivity contribution in [2.45, 2.75) is 32.8 Å². The maximum absolute atomic E-state index is 12.8. The fourth-order valence-electron chi connectivity index (χ4n) is 3.51. The summed E-state index contributed by atoms with van der Waals surface area (Å²) in [5.41, 5.74) is 2.34. The third-order valence-electron chi connectivity index (χ3n) is 5.04. The van der Waals surface area contributed by atoms with Crippen LogP contribution in [0.1, 0.15) is 23.1 Å². The molecule has 2 aromatic rings. The molecule has 1 saturated heterocycles. The number of para-hydroxylation sites is 1. The van der Waals surface area contributed by atoms with E-state index in [1.54, 1.807) is 11.0 Å². The fourth-order valence-corrected chi connectivity index (χ4v) is 3.51. The number of alkyl halides is 3. The van der Waals surface area contributed by atoms with Gasteiger partial charge in [-0.25, -0.2) is 0 Å². The van der Waals surface area contributed by atoms with Crippen molar-refractivity contribution in [3.05, 3.63) is 65.2 Å². The van der Waals surface area contributed by atoms with E-state index in [0.717, 1.165) is 11.1 Å². The van der Waals surface area contributed by atoms with E-state index in [1.165, 1.54) is 30.1 Å². The second-order valence-electron chi connectivity index (χ2n) is 7.51. The van der Waals surface area contributed by atoms with Gasteiger partial charge in [0.1, 0.15) is 5.75 Å². The van der Waals surface area contributed by atoms with E-state index in [1.807, 2.05) is 31.2 Å². The highest BCUT2D eigenvalue weighted by molar-refractivity contribution is 5.89. The Morgan fingerprint density at radius 3 is 2.50 bits per heavy atom. The molecule has 1 heterocycles. The first kappa shape index (κ1) is 21.7. The highest BCUT2D eigenvalue weighted by Crippen LogP contribution is 2.28. The fraction of sp³-hybridized carbons (Fsp3) is 0.364. The zero-order chi connectivity index (χ0) is 21.9. The average molecular weight is 420 g/mol. The van der Waals surface area contributed by atoms with Crippen molar-refractivity contribution in [1.82, 2.24) is 9.80 Å². The third kappa shape index (κ3) is 5.52. The molecule has 1 aliphatic rings. The van der Waals surface area contributed by atoms with Gasteiger partial charge in [-0.05, 0) is 18.6 Å². The lowest BCUT2D eigenvalue weighted by atomic mass is 10.1. The molecular formula is C22H23F3N2O3. The lowest BCUT2D eigenvalue weighted by Crippen LogP contribution is -2.34. The van der Waals surface area contributed by atoms with Gasteiger partial charge in [-0.2, -0.15) is 0 Å². The van der Waals surface area contributed by atoms with E-state index >= 15 is 0 Å². The van der Waals surface area contributed by atoms with Crippen molar-refractivity contribution in [3.8, 4) is 5.75 Å². The van der Waals surface area contributed by atoms with Crippen LogP contribution in [-0.2, 0) is 22.7 Å². The van der Waals surface area contributed by atoms with Crippen molar-refractivity contribution in [3.63, 3.8) is 0 Å². The van der Waals surface area contributed by atoms with Crippen molar-refractivity contribution >= 4 is 11.8 Å². The van der Waals surface area contributed by atoms with Gasteiger partial charge in [0.05, 0.1) is 5.92 Å². The molecule has 1 aliphatic heterocycles. The molecule has 0 radical (unpaired) electrons. The number of hydrogen-bond acceptors (Lipinski definition) is 3. The molecule has 0 bridgehead atoms. The van der Waals surface area contributed by atoms with Gasteiger partial charge in [0.25, 0.3) is 0 Å². The molecule has 0 spiro atoms. The summed E-state index contributed by atoms with van der Waals surface area (Å²) >= 11 is 0. The largest absolute Gasteiger partial charge is 0.573 e. The molecule has 1 unspecified atom stereocenters. The minimum absolute atomic E-state index is 0.0479. The summed E-state index contributed by atoms with van der Waals surface area (Å²) in [5.74, 6) is -1.25. The molecule has 1 atom stereocenters. The third-order valence-corrected chi connectivity index (χ3v) is 5.04. The Morgan fingerprint density at radius 1 is 1.17 bits per heavy atom. The Kier molecular flexibility index (Phi) is 6.34. The Bertz CT molecular complexity index is 913. The second-order valence-corrected chi connectivity index (χ2v) is 7.51. The molecular weight excluding hydrogens is 397 g/mol. The molecule has 2 amide bonds. The van der Waals surface area contributed by atoms with Gasteiger partial charge in [-0.1, -0.05) is 48.0 Å². The number of ether oxygens (including phenoxy) is 1. The van der Waals surface area contributed by atoms with E-state index in [-0.39, 0.29) is 42.6 Å². The first-order valence-corrected chi connectivity index (χ1v) is 9.54. The molecule has 3 rings (SSSR count). The number of likely N-dealkylation sites (tertiary alicyclic amines) is 1. The maximum Gasteiger partial charge on any atom is 0.573 e. The number of benzene rings is 2. The smallest absolute Gasteiger partial charge is 0.405 e. The lowest BCUT2D eigenvalue weighted by Gasteiger charge is -2.23. The molecule has 30 heavy (non-hydrogen) atoms. The van der Waals surface area contributed by atoms with Crippen molar-refractivity contribution in [1.29, 1.82) is 0 Å². The zero-order valence-electron chi connectivity index (χ0n) is 16.8. The summed E-state index contributed by atoms with van der Waals surface area (Å²) in [6.45, 7) is 2.65. The summed E-state index contributed by atoms with van der Waals surface area (Å²) in [5, 5.41) is 0. The number of hydrogen-bond donors (Lipinski definition) is 0. The Balaban J connectivity index is 1.63. The van der Waals surface area contributed by atoms with Gasteiger partial charge >= 0.3 is 6.36 Å². The van der Waals surface area contributed by atoms with Crippen molar-refractivity contribution in [2.75, 3.05) is 13.6 Å². The molecule has 160 valence electrons. The van der Waals surface area contributed by atoms with Crippen LogP contribution in [0.5, 0.6) is 5.75 Å². The van der Waals surface area contributed by atoms with Crippen LogP contribution in [0.3, 0.4) is 0 Å². The van der Waals surface area contributed by atoms with Crippen LogP contribution in [-0.4, -0.2) is 41.6 Å². The minimum atomic E-state index is -4.81. The van der Waals surface area contributed by atoms with Crippen LogP contribution in [0.15, 0.2) is 48.5 Å². The normalized spacial score (nSPS) is 16.6. The van der Waals surface area contributed by atoms with Gasteiger partial charge in [-0.3, -0.25) is 9.59 Å². The summed E-state index contributed by atoms with van der Waals surface area (Å²) in [4.78, 5) is 28.2. The van der Waals surface area contributed by atoms with Crippen molar-refractivity contribution < 1.29 is 27.5 Å². The quantitative estimate of drug-likeness (QED) is 0.712. The number of nitrogens with zero attached hydrogens (tertiary/aromatic N) is 2. The second kappa shape index (κ2) is 8.77. The number of amides is 2. The Hall–Kier alpha value is -3.03. The highest BCUT2D eigenvalue weighted by Gasteiger charge is 2.36. The molecule has 0 aliphatic carbocycles. The minimum Gasteiger partial charge on any atom is -0.405 e. The van der Waals surface area contributed by atoms with Crippen LogP contribution < -0.4 is 4.74 Å². The summed E-state index contributed by atoms with van der Waals surface area (Å²) < 4.78 is 41.9. The average Bonchev–Trinajstić information content (AvgIpc) is 3.04. The maximum atomic E-state index is 12.8. The number of rotatable bonds is 6. The topological polar surface area (TPSA) is 49.9 Å². The monoisotopic (exact) mass is 420 g/mol. The van der Waals surface area contributed by atoms with E-state index in [9.17, 15) is 22.8 Å². The molecule has 0 aromatic heterocycles. The van der Waals surface area contributed by atoms with Crippen molar-refractivity contribution in [2.24, 2.45) is 5.92 Å². The van der Waals surface area contributed by atoms with Crippen LogP contribution in [0, 0.1) is 12.8 Å². The molecule has 5 nitrogen and oxygen atoms in total. The van der Waals surface area contributed by atoms with E-state index in [2.05, 4.69) is 4.74 Å². The molecule has 8 heteroatoms. The standard InChI is InChI=1S/C22H23F3N2O3/c1-15-7-9-16(10-8-15)12-27-14-18(11-20(27)28)21(29)26(2)13-17-5-3-4-6-19(17)30-22(23,24)25/h3-10,18H,11-14H2,1-2H3. The molecule has 2 aromatic carbocycles. The summed E-state index contributed by atoms with van der Waals surface area (Å²) in [6.07, 6.45) is -4.72. The Morgan fingerprint density at radius 2 is 1.83 bits per heavy atom. The highest BCUT2D eigenvalue weighted by atomic mass is 19.4. The first-order chi connectivity index (χ1) is 14.1. The van der Waals surface area contributed by atoms with Gasteiger partial charge in [0, 0.05) is 38.7 Å². The van der Waals surface area contributed by atoms with Gasteiger partial charge < -0.3 is 14.5 Å². The predicted octanol–water partition coefficient (Wildman–Crippen LogP) is 3.90. The molecule has 0 N–H and O–H groups in total. The SMILES string of the molecule is Cc1ccc(CN2CC(C(=O)N(C)Cc3ccccc3OC(F)(F)F)CC2=O)cc1. The summed E-state index contributed by atoms with van der Waals surface area (Å²) in [6, 6.07) is 13.5.